The second-order valence-corrected chi connectivity index (χ2v) is 6.40. The molecule has 3 N–H and O–H groups in total. The van der Waals surface area contributed by atoms with Crippen molar-refractivity contribution in [3.63, 3.8) is 0 Å². The molecule has 0 fully saturated rings. The number of thiophene rings is 1. The number of hydrogen-bond acceptors (Lipinski definition) is 4. The Morgan fingerprint density at radius 2 is 2.06 bits per heavy atom. The fourth-order valence-corrected chi connectivity index (χ4v) is 2.50. The molecular weight excluding hydrogens is 234 g/mol. The summed E-state index contributed by atoms with van der Waals surface area (Å²) in [6.07, 6.45) is -0.527. The SMILES string of the molecule is CC(C)C(NC(C)(C)CO)C(O)c1cccs1. The van der Waals surface area contributed by atoms with Crippen LogP contribution in [0.2, 0.25) is 0 Å². The molecule has 17 heavy (non-hydrogen) atoms. The number of rotatable bonds is 6. The average Bonchev–Trinajstić information content (AvgIpc) is 2.78. The summed E-state index contributed by atoms with van der Waals surface area (Å²) in [4.78, 5) is 0.963. The zero-order valence-electron chi connectivity index (χ0n) is 11.0. The molecule has 0 saturated carbocycles. The van der Waals surface area contributed by atoms with Gasteiger partial charge in [-0.1, -0.05) is 19.9 Å². The first-order chi connectivity index (χ1) is 7.87. The number of aliphatic hydroxyl groups excluding tert-OH is 2. The van der Waals surface area contributed by atoms with Crippen LogP contribution in [0.15, 0.2) is 17.5 Å². The maximum absolute atomic E-state index is 10.4. The highest BCUT2D eigenvalue weighted by atomic mass is 32.1. The average molecular weight is 257 g/mol. The first-order valence-corrected chi connectivity index (χ1v) is 6.85. The molecule has 0 spiro atoms. The first-order valence-electron chi connectivity index (χ1n) is 5.97. The molecule has 0 bridgehead atoms. The molecule has 1 aromatic rings. The summed E-state index contributed by atoms with van der Waals surface area (Å²) >= 11 is 1.56. The van der Waals surface area contributed by atoms with Gasteiger partial charge in [-0.2, -0.15) is 0 Å². The molecule has 2 unspecified atom stereocenters. The van der Waals surface area contributed by atoms with Crippen molar-refractivity contribution in [1.82, 2.24) is 5.32 Å². The molecule has 1 aromatic heterocycles. The Balaban J connectivity index is 2.79. The van der Waals surface area contributed by atoms with Crippen LogP contribution in [0.25, 0.3) is 0 Å². The summed E-state index contributed by atoms with van der Waals surface area (Å²) in [5.41, 5.74) is -0.382. The predicted molar refractivity (Wildman–Crippen MR) is 72.2 cm³/mol. The third-order valence-corrected chi connectivity index (χ3v) is 3.79. The zero-order valence-corrected chi connectivity index (χ0v) is 11.8. The van der Waals surface area contributed by atoms with Gasteiger partial charge in [-0.15, -0.1) is 11.3 Å². The molecule has 0 radical (unpaired) electrons. The van der Waals surface area contributed by atoms with Crippen molar-refractivity contribution in [2.45, 2.75) is 45.4 Å². The third kappa shape index (κ3) is 4.07. The van der Waals surface area contributed by atoms with Crippen LogP contribution in [-0.2, 0) is 0 Å². The Labute approximate surface area is 107 Å². The lowest BCUT2D eigenvalue weighted by Gasteiger charge is -2.35. The Hall–Kier alpha value is -0.420. The van der Waals surface area contributed by atoms with Crippen molar-refractivity contribution in [1.29, 1.82) is 0 Å². The van der Waals surface area contributed by atoms with Crippen molar-refractivity contribution in [2.24, 2.45) is 5.92 Å². The van der Waals surface area contributed by atoms with Crippen molar-refractivity contribution in [3.05, 3.63) is 22.4 Å². The van der Waals surface area contributed by atoms with Gasteiger partial charge >= 0.3 is 0 Å². The van der Waals surface area contributed by atoms with E-state index in [-0.39, 0.29) is 24.1 Å². The minimum Gasteiger partial charge on any atom is -0.394 e. The van der Waals surface area contributed by atoms with Gasteiger partial charge in [-0.25, -0.2) is 0 Å². The molecular formula is C13H23NO2S. The van der Waals surface area contributed by atoms with E-state index in [4.69, 9.17) is 0 Å². The topological polar surface area (TPSA) is 52.5 Å². The van der Waals surface area contributed by atoms with Crippen LogP contribution in [0.4, 0.5) is 0 Å². The minimum atomic E-state index is -0.527. The first kappa shape index (κ1) is 14.6. The maximum Gasteiger partial charge on any atom is 0.104 e. The van der Waals surface area contributed by atoms with Crippen molar-refractivity contribution >= 4 is 11.3 Å². The summed E-state index contributed by atoms with van der Waals surface area (Å²) in [5.74, 6) is 0.290. The lowest BCUT2D eigenvalue weighted by Crippen LogP contribution is -2.52. The van der Waals surface area contributed by atoms with Crippen LogP contribution >= 0.6 is 11.3 Å². The Bertz CT molecular complexity index is 322. The monoisotopic (exact) mass is 257 g/mol. The molecule has 0 aliphatic heterocycles. The molecule has 1 rings (SSSR count). The molecule has 4 heteroatoms. The molecule has 98 valence electrons. The van der Waals surface area contributed by atoms with Crippen molar-refractivity contribution in [3.8, 4) is 0 Å². The van der Waals surface area contributed by atoms with E-state index in [1.165, 1.54) is 0 Å². The van der Waals surface area contributed by atoms with Gasteiger partial charge in [0, 0.05) is 16.5 Å². The van der Waals surface area contributed by atoms with Gasteiger partial charge in [0.15, 0.2) is 0 Å². The second-order valence-electron chi connectivity index (χ2n) is 5.42. The van der Waals surface area contributed by atoms with E-state index >= 15 is 0 Å². The largest absolute Gasteiger partial charge is 0.394 e. The number of nitrogens with one attached hydrogen (secondary N) is 1. The lowest BCUT2D eigenvalue weighted by molar-refractivity contribution is 0.0735. The summed E-state index contributed by atoms with van der Waals surface area (Å²) in [6.45, 7) is 8.06. The van der Waals surface area contributed by atoms with E-state index in [1.54, 1.807) is 11.3 Å². The highest BCUT2D eigenvalue weighted by molar-refractivity contribution is 7.10. The molecule has 0 amide bonds. The van der Waals surface area contributed by atoms with Gasteiger partial charge in [0.05, 0.1) is 6.61 Å². The van der Waals surface area contributed by atoms with Crippen LogP contribution in [0.1, 0.15) is 38.7 Å². The molecule has 3 nitrogen and oxygen atoms in total. The quantitative estimate of drug-likeness (QED) is 0.732. The van der Waals surface area contributed by atoms with E-state index in [9.17, 15) is 10.2 Å². The van der Waals surface area contributed by atoms with Crippen LogP contribution in [0, 0.1) is 5.92 Å². The van der Waals surface area contributed by atoms with E-state index < -0.39 is 6.10 Å². The van der Waals surface area contributed by atoms with E-state index in [2.05, 4.69) is 19.2 Å². The van der Waals surface area contributed by atoms with Crippen LogP contribution in [0.5, 0.6) is 0 Å². The fourth-order valence-electron chi connectivity index (χ4n) is 1.74. The van der Waals surface area contributed by atoms with E-state index in [0.29, 0.717) is 0 Å². The Morgan fingerprint density at radius 1 is 1.41 bits per heavy atom. The van der Waals surface area contributed by atoms with Gasteiger partial charge in [0.2, 0.25) is 0 Å². The zero-order chi connectivity index (χ0) is 13.1. The van der Waals surface area contributed by atoms with Gasteiger partial charge in [-0.3, -0.25) is 0 Å². The standard InChI is InChI=1S/C13H23NO2S/c1-9(2)11(14-13(3,4)8-15)12(16)10-6-5-7-17-10/h5-7,9,11-12,14-16H,8H2,1-4H3. The summed E-state index contributed by atoms with van der Waals surface area (Å²) in [6, 6.07) is 3.83. The van der Waals surface area contributed by atoms with E-state index in [0.717, 1.165) is 4.88 Å². The molecule has 0 aliphatic rings. The predicted octanol–water partition coefficient (Wildman–Crippen LogP) is 2.17. The normalized spacial score (nSPS) is 16.2. The smallest absolute Gasteiger partial charge is 0.104 e. The third-order valence-electron chi connectivity index (χ3n) is 2.85. The summed E-state index contributed by atoms with van der Waals surface area (Å²) < 4.78 is 0. The molecule has 0 saturated heterocycles. The van der Waals surface area contributed by atoms with Gasteiger partial charge < -0.3 is 15.5 Å². The van der Waals surface area contributed by atoms with Crippen LogP contribution in [-0.4, -0.2) is 28.4 Å². The minimum absolute atomic E-state index is 0.0490. The van der Waals surface area contributed by atoms with Gasteiger partial charge in [0.1, 0.15) is 6.10 Å². The van der Waals surface area contributed by atoms with Crippen LogP contribution < -0.4 is 5.32 Å². The Morgan fingerprint density at radius 3 is 2.47 bits per heavy atom. The molecule has 1 heterocycles. The Kier molecular flexibility index (Phi) is 5.13. The van der Waals surface area contributed by atoms with Gasteiger partial charge in [-0.05, 0) is 31.2 Å². The summed E-state index contributed by atoms with van der Waals surface area (Å²) in [5, 5.41) is 25.0. The highest BCUT2D eigenvalue weighted by Crippen LogP contribution is 2.27. The maximum atomic E-state index is 10.4. The number of hydrogen-bond donors (Lipinski definition) is 3. The van der Waals surface area contributed by atoms with E-state index in [1.807, 2.05) is 31.4 Å². The van der Waals surface area contributed by atoms with Crippen LogP contribution in [0.3, 0.4) is 0 Å². The fraction of sp³-hybridized carbons (Fsp3) is 0.692. The summed E-state index contributed by atoms with van der Waals surface area (Å²) in [7, 11) is 0. The number of aliphatic hydroxyl groups is 2. The van der Waals surface area contributed by atoms with Crippen molar-refractivity contribution in [2.75, 3.05) is 6.61 Å². The molecule has 0 aliphatic carbocycles. The highest BCUT2D eigenvalue weighted by Gasteiger charge is 2.30. The second kappa shape index (κ2) is 5.96. The molecule has 2 atom stereocenters. The molecule has 0 aromatic carbocycles. The van der Waals surface area contributed by atoms with Crippen molar-refractivity contribution < 1.29 is 10.2 Å². The van der Waals surface area contributed by atoms with Gasteiger partial charge in [0.25, 0.3) is 0 Å². The lowest BCUT2D eigenvalue weighted by atomic mass is 9.93.